The molecule has 0 radical (unpaired) electrons. The van der Waals surface area contributed by atoms with Gasteiger partial charge in [-0.2, -0.15) is 0 Å². The average Bonchev–Trinajstić information content (AvgIpc) is 4.12. The van der Waals surface area contributed by atoms with Crippen LogP contribution in [0.25, 0.3) is 104 Å². The summed E-state index contributed by atoms with van der Waals surface area (Å²) in [4.78, 5) is 22.4. The van der Waals surface area contributed by atoms with E-state index in [0.29, 0.717) is 11.4 Å². The number of fused-ring (bicyclic) bond motifs is 18. The number of aromatic nitrogens is 6. The van der Waals surface area contributed by atoms with Gasteiger partial charge in [0, 0.05) is 68.1 Å². The second kappa shape index (κ2) is 13.6. The van der Waals surface area contributed by atoms with Crippen LogP contribution in [0.5, 0.6) is 11.5 Å². The van der Waals surface area contributed by atoms with Gasteiger partial charge in [-0.25, -0.2) is 9.69 Å². The molecule has 69 heavy (non-hydrogen) atoms. The van der Waals surface area contributed by atoms with Gasteiger partial charge in [0.05, 0.1) is 81.1 Å². The van der Waals surface area contributed by atoms with Crippen LogP contribution in [0.4, 0.5) is 11.4 Å². The van der Waals surface area contributed by atoms with Crippen LogP contribution in [0.1, 0.15) is 22.3 Å². The van der Waals surface area contributed by atoms with Crippen LogP contribution in [0, 0.1) is 13.1 Å². The zero-order chi connectivity index (χ0) is 45.5. The molecule has 0 N–H and O–H groups in total. The van der Waals surface area contributed by atoms with E-state index in [9.17, 15) is 0 Å². The summed E-state index contributed by atoms with van der Waals surface area (Å²) in [6.45, 7) is 15.6. The molecule has 7 heterocycles. The molecule has 15 rings (SSSR count). The Labute approximate surface area is 393 Å². The monoisotopic (exact) mass is 880 g/mol. The van der Waals surface area contributed by atoms with Crippen LogP contribution in [-0.4, -0.2) is 28.7 Å². The summed E-state index contributed by atoms with van der Waals surface area (Å²) in [5, 5.41) is 6.47. The number of hydrogen-bond donors (Lipinski definition) is 0. The molecule has 0 fully saturated rings. The quantitative estimate of drug-likeness (QED) is 0.166. The van der Waals surface area contributed by atoms with Gasteiger partial charge in [-0.15, -0.1) is 0 Å². The second-order valence-corrected chi connectivity index (χ2v) is 17.8. The molecule has 13 aromatic rings. The van der Waals surface area contributed by atoms with Crippen LogP contribution in [0.3, 0.4) is 0 Å². The first kappa shape index (κ1) is 37.4. The average molecular weight is 881 g/mol. The molecule has 9 nitrogen and oxygen atoms in total. The van der Waals surface area contributed by atoms with Crippen LogP contribution in [0.15, 0.2) is 195 Å². The Morgan fingerprint density at radius 3 is 1.72 bits per heavy atom. The molecule has 318 valence electrons. The number of benzene rings is 7. The summed E-state index contributed by atoms with van der Waals surface area (Å²) in [5.74, 6) is 1.51. The largest absolute Gasteiger partial charge is 0.457 e. The number of nitrogens with zero attached hydrogens (tertiary/aromatic N) is 8. The normalized spacial score (nSPS) is 14.5. The van der Waals surface area contributed by atoms with E-state index < -0.39 is 5.41 Å². The minimum atomic E-state index is -0.842. The first-order chi connectivity index (χ1) is 34.1. The highest BCUT2D eigenvalue weighted by atomic mass is 16.5. The Hall–Kier alpha value is -9.83. The maximum Gasteiger partial charge on any atom is 0.188 e. The van der Waals surface area contributed by atoms with E-state index in [1.165, 1.54) is 10.8 Å². The van der Waals surface area contributed by atoms with Crippen LogP contribution < -0.4 is 4.74 Å². The third kappa shape index (κ3) is 4.87. The van der Waals surface area contributed by atoms with Gasteiger partial charge in [0.2, 0.25) is 0 Å². The fraction of sp³-hybridized carbons (Fsp3) is 0.0167. The van der Waals surface area contributed by atoms with E-state index in [4.69, 9.17) is 27.8 Å². The molecule has 1 aliphatic carbocycles. The van der Waals surface area contributed by atoms with Gasteiger partial charge in [0.15, 0.2) is 11.4 Å². The van der Waals surface area contributed by atoms with Crippen LogP contribution >= 0.6 is 0 Å². The summed E-state index contributed by atoms with van der Waals surface area (Å²) < 4.78 is 13.9. The molecule has 6 aromatic heterocycles. The predicted molar refractivity (Wildman–Crippen MR) is 273 cm³/mol. The number of hydrogen-bond acceptors (Lipinski definition) is 4. The first-order valence-corrected chi connectivity index (χ1v) is 22.7. The number of ether oxygens (including phenoxy) is 1. The maximum absolute atomic E-state index is 7.79. The summed E-state index contributed by atoms with van der Waals surface area (Å²) in [5.41, 5.74) is 15.0. The third-order valence-electron chi connectivity index (χ3n) is 14.5. The van der Waals surface area contributed by atoms with E-state index >= 15 is 0 Å². The highest BCUT2D eigenvalue weighted by molar-refractivity contribution is 6.13. The lowest BCUT2D eigenvalue weighted by Gasteiger charge is -2.39. The molecule has 1 unspecified atom stereocenters. The summed E-state index contributed by atoms with van der Waals surface area (Å²) in [6, 6.07) is 59.0. The van der Waals surface area contributed by atoms with Crippen molar-refractivity contribution in [1.82, 2.24) is 28.7 Å². The SMILES string of the molecule is [C-]#[N+]c1ccc2c(c1)c1cc([N+]#[C-])ccc1n2-c1cnc2c(c1)C1(c3ccccc3Oc3cc(-n4c5ccccc5c5cc(-n6c7ccccc7c7ccncc76)ccc54)ccc31)c1cccnc1-2. The van der Waals surface area contributed by atoms with Crippen molar-refractivity contribution in [3.63, 3.8) is 0 Å². The predicted octanol–water partition coefficient (Wildman–Crippen LogP) is 14.7. The van der Waals surface area contributed by atoms with Crippen molar-refractivity contribution in [2.75, 3.05) is 0 Å². The third-order valence-corrected chi connectivity index (χ3v) is 14.5. The van der Waals surface area contributed by atoms with Crippen molar-refractivity contribution in [1.29, 1.82) is 0 Å². The maximum atomic E-state index is 7.79. The Morgan fingerprint density at radius 2 is 0.957 bits per heavy atom. The van der Waals surface area contributed by atoms with Gasteiger partial charge in [-0.3, -0.25) is 15.0 Å². The van der Waals surface area contributed by atoms with E-state index in [1.54, 1.807) is 0 Å². The van der Waals surface area contributed by atoms with E-state index in [1.807, 2.05) is 73.3 Å². The molecule has 2 aliphatic rings. The zero-order valence-corrected chi connectivity index (χ0v) is 36.5. The zero-order valence-electron chi connectivity index (χ0n) is 36.5. The fourth-order valence-corrected chi connectivity index (χ4v) is 11.7. The molecular formula is C60H32N8O. The lowest BCUT2D eigenvalue weighted by Crippen LogP contribution is -2.32. The number of rotatable bonds is 3. The number of pyridine rings is 3. The summed E-state index contributed by atoms with van der Waals surface area (Å²) in [6.07, 6.45) is 7.58. The van der Waals surface area contributed by atoms with Crippen molar-refractivity contribution < 1.29 is 4.74 Å². The molecule has 1 aliphatic heterocycles. The van der Waals surface area contributed by atoms with E-state index in [0.717, 1.165) is 117 Å². The van der Waals surface area contributed by atoms with E-state index in [2.05, 4.69) is 150 Å². The molecule has 0 bridgehead atoms. The van der Waals surface area contributed by atoms with Crippen molar-refractivity contribution in [2.45, 2.75) is 5.41 Å². The lowest BCUT2D eigenvalue weighted by molar-refractivity contribution is 0.436. The lowest BCUT2D eigenvalue weighted by atomic mass is 9.66. The van der Waals surface area contributed by atoms with Gasteiger partial charge in [-0.1, -0.05) is 78.9 Å². The summed E-state index contributed by atoms with van der Waals surface area (Å²) in [7, 11) is 0. The highest BCUT2D eigenvalue weighted by Gasteiger charge is 2.52. The topological polar surface area (TPSA) is 71.4 Å². The Morgan fingerprint density at radius 1 is 0.391 bits per heavy atom. The summed E-state index contributed by atoms with van der Waals surface area (Å²) >= 11 is 0. The molecule has 1 atom stereocenters. The Balaban J connectivity index is 0.957. The first-order valence-electron chi connectivity index (χ1n) is 22.7. The van der Waals surface area contributed by atoms with Gasteiger partial charge < -0.3 is 18.4 Å². The smallest absolute Gasteiger partial charge is 0.188 e. The Bertz CT molecular complexity index is 4400. The molecule has 1 spiro atoms. The van der Waals surface area contributed by atoms with Gasteiger partial charge in [0.25, 0.3) is 0 Å². The molecule has 0 saturated carbocycles. The van der Waals surface area contributed by atoms with Crippen molar-refractivity contribution in [2.24, 2.45) is 0 Å². The standard InChI is InChI=1S/C60H32N8O/c1-61-35-17-22-52-43(28-35)44-29-36(62-2)18-23-53(44)68(52)39-31-49-59(65-33-39)58-48(13-9-26-64-58)60(49)46-12-5-8-16-56(46)69-57-32-38(19-21-47(57)60)66-51-15-7-4-11-41(51)45-30-37(20-24-54(45)66)67-50-14-6-3-10-40(50)42-25-27-63-34-55(42)67/h3-34H. The van der Waals surface area contributed by atoms with Gasteiger partial charge in [0.1, 0.15) is 11.5 Å². The minimum Gasteiger partial charge on any atom is -0.457 e. The molecule has 7 aromatic carbocycles. The fourth-order valence-electron chi connectivity index (χ4n) is 11.7. The molecule has 9 heteroatoms. The van der Waals surface area contributed by atoms with Gasteiger partial charge in [-0.05, 0) is 101 Å². The molecule has 0 amide bonds. The Kier molecular flexibility index (Phi) is 7.38. The van der Waals surface area contributed by atoms with Crippen molar-refractivity contribution in [3.05, 3.63) is 240 Å². The highest BCUT2D eigenvalue weighted by Crippen LogP contribution is 2.62. The molecular weight excluding hydrogens is 849 g/mol. The van der Waals surface area contributed by atoms with Crippen molar-refractivity contribution >= 4 is 76.8 Å². The van der Waals surface area contributed by atoms with Crippen LogP contribution in [0.2, 0.25) is 0 Å². The number of para-hydroxylation sites is 3. The van der Waals surface area contributed by atoms with Crippen molar-refractivity contribution in [3.8, 4) is 39.9 Å². The van der Waals surface area contributed by atoms with Crippen LogP contribution in [-0.2, 0) is 5.41 Å². The van der Waals surface area contributed by atoms with Gasteiger partial charge >= 0.3 is 0 Å². The minimum absolute atomic E-state index is 0.542. The van der Waals surface area contributed by atoms with E-state index in [-0.39, 0.29) is 0 Å². The second-order valence-electron chi connectivity index (χ2n) is 17.8. The molecule has 0 saturated heterocycles.